The van der Waals surface area contributed by atoms with Gasteiger partial charge < -0.3 is 10.1 Å². The third-order valence-electron chi connectivity index (χ3n) is 2.49. The molecule has 0 aliphatic rings. The van der Waals surface area contributed by atoms with Gasteiger partial charge in [0.1, 0.15) is 11.6 Å². The van der Waals surface area contributed by atoms with E-state index in [4.69, 9.17) is 10.6 Å². The molecule has 0 atom stereocenters. The first-order valence-corrected chi connectivity index (χ1v) is 5.76. The van der Waals surface area contributed by atoms with Gasteiger partial charge in [0.25, 0.3) is 0 Å². The van der Waals surface area contributed by atoms with Crippen LogP contribution in [-0.2, 0) is 6.18 Å². The second-order valence-corrected chi connectivity index (χ2v) is 3.96. The molecular weight excluding hydrogens is 287 g/mol. The summed E-state index contributed by atoms with van der Waals surface area (Å²) in [5, 5.41) is 2.74. The van der Waals surface area contributed by atoms with Crippen LogP contribution in [0.2, 0.25) is 0 Å². The molecule has 2 aromatic rings. The van der Waals surface area contributed by atoms with Crippen LogP contribution in [0.25, 0.3) is 0 Å². The normalized spacial score (nSPS) is 11.1. The molecule has 112 valence electrons. The maximum absolute atomic E-state index is 12.7. The van der Waals surface area contributed by atoms with E-state index >= 15 is 0 Å². The van der Waals surface area contributed by atoms with Crippen molar-refractivity contribution in [3.63, 3.8) is 0 Å². The van der Waals surface area contributed by atoms with E-state index in [-0.39, 0.29) is 11.8 Å². The minimum absolute atomic E-state index is 0.0430. The van der Waals surface area contributed by atoms with Crippen LogP contribution >= 0.6 is 0 Å². The summed E-state index contributed by atoms with van der Waals surface area (Å²) < 4.78 is 43.2. The van der Waals surface area contributed by atoms with Crippen LogP contribution in [0, 0.1) is 0 Å². The summed E-state index contributed by atoms with van der Waals surface area (Å²) in [5.74, 6) is 5.26. The third kappa shape index (κ3) is 3.72. The number of halogens is 3. The average Bonchev–Trinajstić information content (AvgIpc) is 2.46. The standard InChI is InChI=1S/C12H12F3N5O/c1-21-8-4-2-3-7(5-8)17-10-6-9(12(13,14)15)18-11(19-10)20-16/h2-6H,16H2,1H3,(H2,17,18,19,20). The highest BCUT2D eigenvalue weighted by Gasteiger charge is 2.33. The van der Waals surface area contributed by atoms with Gasteiger partial charge in [0, 0.05) is 17.8 Å². The molecule has 21 heavy (non-hydrogen) atoms. The Balaban J connectivity index is 2.34. The number of hydrogen-bond donors (Lipinski definition) is 3. The summed E-state index contributed by atoms with van der Waals surface area (Å²) in [5.41, 5.74) is 1.42. The fourth-order valence-electron chi connectivity index (χ4n) is 1.57. The molecule has 0 unspecified atom stereocenters. The molecule has 1 heterocycles. The first-order chi connectivity index (χ1) is 9.92. The minimum Gasteiger partial charge on any atom is -0.497 e. The fraction of sp³-hybridized carbons (Fsp3) is 0.167. The molecule has 0 aliphatic heterocycles. The molecule has 0 spiro atoms. The van der Waals surface area contributed by atoms with Crippen molar-refractivity contribution in [2.75, 3.05) is 17.9 Å². The Morgan fingerprint density at radius 2 is 1.95 bits per heavy atom. The lowest BCUT2D eigenvalue weighted by atomic mass is 10.3. The molecular formula is C12H12F3N5O. The number of nitrogens with zero attached hydrogens (tertiary/aromatic N) is 2. The van der Waals surface area contributed by atoms with Gasteiger partial charge in [-0.15, -0.1) is 0 Å². The Morgan fingerprint density at radius 3 is 2.57 bits per heavy atom. The van der Waals surface area contributed by atoms with Crippen molar-refractivity contribution in [3.8, 4) is 5.75 Å². The van der Waals surface area contributed by atoms with Gasteiger partial charge in [0.15, 0.2) is 5.69 Å². The van der Waals surface area contributed by atoms with E-state index in [1.54, 1.807) is 24.3 Å². The molecule has 0 amide bonds. The van der Waals surface area contributed by atoms with Crippen LogP contribution in [0.5, 0.6) is 5.75 Å². The fourth-order valence-corrected chi connectivity index (χ4v) is 1.57. The van der Waals surface area contributed by atoms with Crippen LogP contribution < -0.4 is 21.3 Å². The van der Waals surface area contributed by atoms with Gasteiger partial charge in [-0.1, -0.05) is 6.07 Å². The van der Waals surface area contributed by atoms with Crippen LogP contribution in [0.4, 0.5) is 30.6 Å². The van der Waals surface area contributed by atoms with Gasteiger partial charge in [0.2, 0.25) is 5.95 Å². The SMILES string of the molecule is COc1cccc(Nc2cc(C(F)(F)F)nc(NN)n2)c1. The number of anilines is 3. The van der Waals surface area contributed by atoms with Crippen molar-refractivity contribution in [2.45, 2.75) is 6.18 Å². The Labute approximate surface area is 118 Å². The monoisotopic (exact) mass is 299 g/mol. The highest BCUT2D eigenvalue weighted by atomic mass is 19.4. The lowest BCUT2D eigenvalue weighted by molar-refractivity contribution is -0.141. The molecule has 0 saturated carbocycles. The second-order valence-electron chi connectivity index (χ2n) is 3.96. The van der Waals surface area contributed by atoms with Gasteiger partial charge >= 0.3 is 6.18 Å². The predicted octanol–water partition coefficient (Wildman–Crippen LogP) is 2.53. The summed E-state index contributed by atoms with van der Waals surface area (Å²) in [6, 6.07) is 7.47. The number of nitrogen functional groups attached to an aromatic ring is 1. The Kier molecular flexibility index (Phi) is 4.13. The van der Waals surface area contributed by atoms with Crippen molar-refractivity contribution >= 4 is 17.5 Å². The molecule has 1 aromatic heterocycles. The quantitative estimate of drug-likeness (QED) is 0.594. The van der Waals surface area contributed by atoms with Crippen molar-refractivity contribution < 1.29 is 17.9 Å². The summed E-state index contributed by atoms with van der Waals surface area (Å²) in [7, 11) is 1.49. The number of nitrogens with one attached hydrogen (secondary N) is 2. The molecule has 0 aliphatic carbocycles. The summed E-state index contributed by atoms with van der Waals surface area (Å²) in [6.07, 6.45) is -4.60. The smallest absolute Gasteiger partial charge is 0.433 e. The Hall–Kier alpha value is -2.55. The Morgan fingerprint density at radius 1 is 1.19 bits per heavy atom. The van der Waals surface area contributed by atoms with E-state index < -0.39 is 11.9 Å². The van der Waals surface area contributed by atoms with Crippen molar-refractivity contribution in [2.24, 2.45) is 5.84 Å². The molecule has 2 rings (SSSR count). The average molecular weight is 299 g/mol. The summed E-state index contributed by atoms with van der Waals surface area (Å²) in [4.78, 5) is 7.08. The molecule has 9 heteroatoms. The number of nitrogens with two attached hydrogens (primary N) is 1. The van der Waals surface area contributed by atoms with Crippen LogP contribution in [0.3, 0.4) is 0 Å². The summed E-state index contributed by atoms with van der Waals surface area (Å²) >= 11 is 0. The van der Waals surface area contributed by atoms with E-state index in [2.05, 4.69) is 15.3 Å². The molecule has 1 aromatic carbocycles. The van der Waals surface area contributed by atoms with Gasteiger partial charge in [-0.2, -0.15) is 18.2 Å². The van der Waals surface area contributed by atoms with E-state index in [0.29, 0.717) is 11.4 Å². The summed E-state index contributed by atoms with van der Waals surface area (Å²) in [6.45, 7) is 0. The highest BCUT2D eigenvalue weighted by molar-refractivity contribution is 5.59. The zero-order valence-corrected chi connectivity index (χ0v) is 10.9. The first-order valence-electron chi connectivity index (χ1n) is 5.76. The molecule has 4 N–H and O–H groups in total. The van der Waals surface area contributed by atoms with Gasteiger partial charge in [-0.3, -0.25) is 5.43 Å². The highest BCUT2D eigenvalue weighted by Crippen LogP contribution is 2.30. The third-order valence-corrected chi connectivity index (χ3v) is 2.49. The molecule has 0 radical (unpaired) electrons. The van der Waals surface area contributed by atoms with E-state index in [1.165, 1.54) is 7.11 Å². The number of hydrogen-bond acceptors (Lipinski definition) is 6. The lowest BCUT2D eigenvalue weighted by Gasteiger charge is -2.12. The zero-order chi connectivity index (χ0) is 15.5. The van der Waals surface area contributed by atoms with E-state index in [9.17, 15) is 13.2 Å². The van der Waals surface area contributed by atoms with Crippen LogP contribution in [0.15, 0.2) is 30.3 Å². The number of alkyl halides is 3. The maximum Gasteiger partial charge on any atom is 0.433 e. The minimum atomic E-state index is -4.60. The number of aromatic nitrogens is 2. The Bertz CT molecular complexity index is 633. The van der Waals surface area contributed by atoms with Crippen molar-refractivity contribution in [1.29, 1.82) is 0 Å². The van der Waals surface area contributed by atoms with Gasteiger partial charge in [-0.05, 0) is 12.1 Å². The van der Waals surface area contributed by atoms with Crippen molar-refractivity contribution in [1.82, 2.24) is 9.97 Å². The zero-order valence-electron chi connectivity index (χ0n) is 10.9. The van der Waals surface area contributed by atoms with Crippen LogP contribution in [-0.4, -0.2) is 17.1 Å². The van der Waals surface area contributed by atoms with E-state index in [0.717, 1.165) is 6.07 Å². The van der Waals surface area contributed by atoms with E-state index in [1.807, 2.05) is 5.43 Å². The number of rotatable bonds is 4. The molecule has 0 bridgehead atoms. The molecule has 6 nitrogen and oxygen atoms in total. The van der Waals surface area contributed by atoms with Crippen molar-refractivity contribution in [3.05, 3.63) is 36.0 Å². The lowest BCUT2D eigenvalue weighted by Crippen LogP contribution is -2.16. The van der Waals surface area contributed by atoms with Crippen LogP contribution in [0.1, 0.15) is 5.69 Å². The molecule has 0 saturated heterocycles. The first kappa shape index (κ1) is 14.9. The number of hydrazine groups is 1. The number of benzene rings is 1. The second kappa shape index (κ2) is 5.83. The largest absolute Gasteiger partial charge is 0.497 e. The number of methoxy groups -OCH3 is 1. The topological polar surface area (TPSA) is 85.1 Å². The van der Waals surface area contributed by atoms with Gasteiger partial charge in [0.05, 0.1) is 7.11 Å². The predicted molar refractivity (Wildman–Crippen MR) is 71.1 cm³/mol. The number of ether oxygens (including phenoxy) is 1. The van der Waals surface area contributed by atoms with Gasteiger partial charge in [-0.25, -0.2) is 10.8 Å². The maximum atomic E-state index is 12.7. The molecule has 0 fully saturated rings.